The van der Waals surface area contributed by atoms with E-state index in [1.165, 1.54) is 0 Å². The molecule has 160 valence electrons. The Bertz CT molecular complexity index is 1240. The molecule has 4 heterocycles. The minimum Gasteiger partial charge on any atom is -0.497 e. The Morgan fingerprint density at radius 2 is 1.84 bits per heavy atom. The largest absolute Gasteiger partial charge is 0.497 e. The summed E-state index contributed by atoms with van der Waals surface area (Å²) in [5, 5.41) is 4.17. The van der Waals surface area contributed by atoms with Crippen molar-refractivity contribution in [1.82, 2.24) is 19.9 Å². The number of ether oxygens (including phenoxy) is 1. The van der Waals surface area contributed by atoms with Crippen LogP contribution in [0.5, 0.6) is 5.75 Å². The molecule has 0 amide bonds. The molecule has 3 aromatic heterocycles. The molecule has 1 aliphatic heterocycles. The van der Waals surface area contributed by atoms with E-state index in [1.54, 1.807) is 13.3 Å². The van der Waals surface area contributed by atoms with Crippen LogP contribution in [-0.2, 0) is 0 Å². The zero-order valence-electron chi connectivity index (χ0n) is 17.8. The average molecular weight is 442 g/mol. The molecule has 4 aromatic rings. The first kappa shape index (κ1) is 20.2. The molecule has 6 nitrogen and oxygen atoms in total. The summed E-state index contributed by atoms with van der Waals surface area (Å²) >= 11 is 5.85. The van der Waals surface area contributed by atoms with Gasteiger partial charge in [0.25, 0.3) is 0 Å². The predicted molar refractivity (Wildman–Crippen MR) is 129 cm³/mol. The number of benzene rings is 1. The summed E-state index contributed by atoms with van der Waals surface area (Å²) in [6, 6.07) is 22.0. The first-order valence-electron chi connectivity index (χ1n) is 10.4. The van der Waals surface area contributed by atoms with Crippen molar-refractivity contribution in [2.45, 2.75) is 19.0 Å². The fourth-order valence-corrected chi connectivity index (χ4v) is 4.67. The highest BCUT2D eigenvalue weighted by atomic mass is 32.1. The van der Waals surface area contributed by atoms with E-state index in [0.29, 0.717) is 5.11 Å². The van der Waals surface area contributed by atoms with Crippen molar-refractivity contribution in [1.29, 1.82) is 0 Å². The van der Waals surface area contributed by atoms with E-state index in [9.17, 15) is 0 Å². The van der Waals surface area contributed by atoms with Gasteiger partial charge in [0.2, 0.25) is 0 Å². The van der Waals surface area contributed by atoms with Crippen LogP contribution in [0.3, 0.4) is 0 Å². The van der Waals surface area contributed by atoms with Crippen LogP contribution in [0.2, 0.25) is 0 Å². The summed E-state index contributed by atoms with van der Waals surface area (Å²) in [7, 11) is 1.67. The summed E-state index contributed by atoms with van der Waals surface area (Å²) in [4.78, 5) is 11.1. The van der Waals surface area contributed by atoms with Gasteiger partial charge in [-0.2, -0.15) is 0 Å². The van der Waals surface area contributed by atoms with Crippen molar-refractivity contribution in [3.63, 3.8) is 0 Å². The highest BCUT2D eigenvalue weighted by molar-refractivity contribution is 7.80. The van der Waals surface area contributed by atoms with Crippen LogP contribution >= 0.6 is 12.2 Å². The lowest BCUT2D eigenvalue weighted by Gasteiger charge is -2.29. The monoisotopic (exact) mass is 441 g/mol. The molecule has 1 aromatic carbocycles. The number of aryl methyl sites for hydroxylation is 1. The molecule has 0 bridgehead atoms. The SMILES string of the molecule is COc1cccc(N2C(=S)N[C@@H](c3ccccn3)[C@@H]2c2ccc(C)n2-c2cccnc2)c1. The van der Waals surface area contributed by atoms with Crippen molar-refractivity contribution in [3.8, 4) is 11.4 Å². The number of aromatic nitrogens is 3. The summed E-state index contributed by atoms with van der Waals surface area (Å²) in [5.74, 6) is 0.782. The molecule has 1 N–H and O–H groups in total. The van der Waals surface area contributed by atoms with Gasteiger partial charge in [-0.25, -0.2) is 0 Å². The zero-order chi connectivity index (χ0) is 22.1. The number of nitrogens with one attached hydrogen (secondary N) is 1. The second-order valence-electron chi connectivity index (χ2n) is 7.64. The number of methoxy groups -OCH3 is 1. The molecule has 0 saturated carbocycles. The third-order valence-electron chi connectivity index (χ3n) is 5.74. The molecule has 1 saturated heterocycles. The zero-order valence-corrected chi connectivity index (χ0v) is 18.7. The minimum absolute atomic E-state index is 0.125. The van der Waals surface area contributed by atoms with Crippen LogP contribution in [-0.4, -0.2) is 26.8 Å². The quantitative estimate of drug-likeness (QED) is 0.451. The van der Waals surface area contributed by atoms with Crippen molar-refractivity contribution in [2.24, 2.45) is 0 Å². The van der Waals surface area contributed by atoms with Gasteiger partial charge < -0.3 is 19.5 Å². The number of rotatable bonds is 5. The molecule has 0 unspecified atom stereocenters. The maximum Gasteiger partial charge on any atom is 0.174 e. The topological polar surface area (TPSA) is 55.2 Å². The molecule has 2 atom stereocenters. The summed E-state index contributed by atoms with van der Waals surface area (Å²) in [6.45, 7) is 2.10. The van der Waals surface area contributed by atoms with E-state index in [0.717, 1.165) is 34.2 Å². The molecular weight excluding hydrogens is 418 g/mol. The van der Waals surface area contributed by atoms with Gasteiger partial charge in [-0.3, -0.25) is 9.97 Å². The predicted octanol–water partition coefficient (Wildman–Crippen LogP) is 4.76. The maximum absolute atomic E-state index is 5.85. The smallest absolute Gasteiger partial charge is 0.174 e. The summed E-state index contributed by atoms with van der Waals surface area (Å²) < 4.78 is 7.72. The second-order valence-corrected chi connectivity index (χ2v) is 8.03. The molecule has 1 aliphatic rings. The van der Waals surface area contributed by atoms with Gasteiger partial charge in [0.1, 0.15) is 11.8 Å². The van der Waals surface area contributed by atoms with E-state index in [2.05, 4.69) is 55.9 Å². The number of hydrogen-bond acceptors (Lipinski definition) is 4. The van der Waals surface area contributed by atoms with Crippen molar-refractivity contribution >= 4 is 23.0 Å². The van der Waals surface area contributed by atoms with Gasteiger partial charge >= 0.3 is 0 Å². The van der Waals surface area contributed by atoms with Crippen molar-refractivity contribution < 1.29 is 4.74 Å². The molecule has 1 fully saturated rings. The fourth-order valence-electron chi connectivity index (χ4n) is 4.32. The Kier molecular flexibility index (Phi) is 5.33. The Morgan fingerprint density at radius 3 is 2.59 bits per heavy atom. The molecule has 5 rings (SSSR count). The van der Waals surface area contributed by atoms with Crippen LogP contribution < -0.4 is 15.0 Å². The van der Waals surface area contributed by atoms with E-state index in [-0.39, 0.29) is 12.1 Å². The van der Waals surface area contributed by atoms with Gasteiger partial charge in [0, 0.05) is 35.5 Å². The van der Waals surface area contributed by atoms with Crippen LogP contribution in [0.4, 0.5) is 5.69 Å². The van der Waals surface area contributed by atoms with E-state index < -0.39 is 0 Å². The third-order valence-corrected chi connectivity index (χ3v) is 6.06. The standard InChI is InChI=1S/C25H23N5OS/c1-17-11-12-22(29(17)19-8-6-13-26-16-19)24-23(21-10-3-4-14-27-21)28-25(32)30(24)18-7-5-9-20(15-18)31-2/h3-16,23-24H,1-2H3,(H,28,32)/t23-,24-/m0/s1. The van der Waals surface area contributed by atoms with E-state index in [4.69, 9.17) is 17.0 Å². The van der Waals surface area contributed by atoms with E-state index >= 15 is 0 Å². The number of anilines is 1. The third kappa shape index (κ3) is 3.50. The van der Waals surface area contributed by atoms with Crippen molar-refractivity contribution in [2.75, 3.05) is 12.0 Å². The Morgan fingerprint density at radius 1 is 0.969 bits per heavy atom. The first-order chi connectivity index (χ1) is 15.7. The van der Waals surface area contributed by atoms with Crippen LogP contribution in [0.1, 0.15) is 29.2 Å². The Hall–Kier alpha value is -3.71. The van der Waals surface area contributed by atoms with Crippen LogP contribution in [0.25, 0.3) is 5.69 Å². The Balaban J connectivity index is 1.70. The molecule has 0 spiro atoms. The number of nitrogens with zero attached hydrogens (tertiary/aromatic N) is 4. The first-order valence-corrected chi connectivity index (χ1v) is 10.8. The lowest BCUT2D eigenvalue weighted by atomic mass is 10.0. The summed E-state index contributed by atoms with van der Waals surface area (Å²) in [6.07, 6.45) is 5.48. The highest BCUT2D eigenvalue weighted by Gasteiger charge is 2.42. The van der Waals surface area contributed by atoms with Gasteiger partial charge in [-0.1, -0.05) is 12.1 Å². The molecule has 0 aliphatic carbocycles. The van der Waals surface area contributed by atoms with Crippen LogP contribution in [0.15, 0.2) is 85.3 Å². The van der Waals surface area contributed by atoms with Gasteiger partial charge in [-0.15, -0.1) is 0 Å². The highest BCUT2D eigenvalue weighted by Crippen LogP contribution is 2.43. The maximum atomic E-state index is 5.85. The second kappa shape index (κ2) is 8.43. The molecule has 32 heavy (non-hydrogen) atoms. The normalized spacial score (nSPS) is 17.9. The summed E-state index contributed by atoms with van der Waals surface area (Å²) in [5.41, 5.74) is 5.12. The van der Waals surface area contributed by atoms with E-state index in [1.807, 2.05) is 54.9 Å². The lowest BCUT2D eigenvalue weighted by Crippen LogP contribution is -2.30. The molecule has 7 heteroatoms. The number of thiocarbonyl (C=S) groups is 1. The fraction of sp³-hybridized carbons (Fsp3) is 0.160. The number of pyridine rings is 2. The van der Waals surface area contributed by atoms with Crippen LogP contribution in [0, 0.1) is 6.92 Å². The minimum atomic E-state index is -0.126. The lowest BCUT2D eigenvalue weighted by molar-refractivity contribution is 0.414. The van der Waals surface area contributed by atoms with Gasteiger partial charge in [-0.05, 0) is 67.7 Å². The molecule has 0 radical (unpaired) electrons. The number of hydrogen-bond donors (Lipinski definition) is 1. The van der Waals surface area contributed by atoms with Crippen molar-refractivity contribution in [3.05, 3.63) is 102 Å². The Labute approximate surface area is 192 Å². The molecular formula is C25H23N5OS. The average Bonchev–Trinajstić information content (AvgIpc) is 3.39. The van der Waals surface area contributed by atoms with Gasteiger partial charge in [0.05, 0.1) is 30.7 Å². The van der Waals surface area contributed by atoms with Gasteiger partial charge in [0.15, 0.2) is 5.11 Å².